The van der Waals surface area contributed by atoms with Gasteiger partial charge in [0.15, 0.2) is 12.4 Å². The van der Waals surface area contributed by atoms with E-state index in [-0.39, 0.29) is 13.0 Å². The van der Waals surface area contributed by atoms with E-state index >= 15 is 0 Å². The molecule has 0 aliphatic rings. The van der Waals surface area contributed by atoms with Gasteiger partial charge in [0, 0.05) is 24.0 Å². The Morgan fingerprint density at radius 2 is 1.81 bits per heavy atom. The Hall–Kier alpha value is -3.94. The van der Waals surface area contributed by atoms with Gasteiger partial charge in [0.25, 0.3) is 5.89 Å². The molecule has 8 heteroatoms. The summed E-state index contributed by atoms with van der Waals surface area (Å²) in [6.45, 7) is 1.95. The standard InChI is InChI=1S/C23H21N3O5/c1-15-18(24-23(30-15)16-7-3-2-4-8-16)11-12-20-25-21(31-26-20)14-29-19-10-6-5-9-17(19)13-22(27)28/h2-10H,11-14H2,1H3,(H,27,28). The first-order valence-electron chi connectivity index (χ1n) is 9.84. The fourth-order valence-electron chi connectivity index (χ4n) is 3.14. The second-order valence-corrected chi connectivity index (χ2v) is 6.96. The molecule has 4 rings (SSSR count). The van der Waals surface area contributed by atoms with Gasteiger partial charge in [-0.1, -0.05) is 41.6 Å². The van der Waals surface area contributed by atoms with Crippen LogP contribution in [0.3, 0.4) is 0 Å². The SMILES string of the molecule is Cc1oc(-c2ccccc2)nc1CCc1noc(COc2ccccc2CC(=O)O)n1. The molecule has 2 aromatic carbocycles. The lowest BCUT2D eigenvalue weighted by molar-refractivity contribution is -0.136. The molecule has 0 aliphatic heterocycles. The maximum Gasteiger partial charge on any atom is 0.307 e. The fraction of sp³-hybridized carbons (Fsp3) is 0.217. The van der Waals surface area contributed by atoms with Gasteiger partial charge in [-0.15, -0.1) is 0 Å². The third kappa shape index (κ3) is 5.16. The molecule has 8 nitrogen and oxygen atoms in total. The van der Waals surface area contributed by atoms with Crippen molar-refractivity contribution >= 4 is 5.97 Å². The summed E-state index contributed by atoms with van der Waals surface area (Å²) in [6.07, 6.45) is 1.04. The molecular weight excluding hydrogens is 398 g/mol. The summed E-state index contributed by atoms with van der Waals surface area (Å²) in [5.41, 5.74) is 2.37. The van der Waals surface area contributed by atoms with Crippen molar-refractivity contribution in [2.45, 2.75) is 32.8 Å². The maximum absolute atomic E-state index is 11.0. The highest BCUT2D eigenvalue weighted by Crippen LogP contribution is 2.22. The topological polar surface area (TPSA) is 111 Å². The third-order valence-electron chi connectivity index (χ3n) is 4.67. The number of carboxylic acids is 1. The zero-order chi connectivity index (χ0) is 21.6. The lowest BCUT2D eigenvalue weighted by atomic mass is 10.1. The number of nitrogens with zero attached hydrogens (tertiary/aromatic N) is 3. The number of aliphatic carboxylic acids is 1. The van der Waals surface area contributed by atoms with E-state index in [0.717, 1.165) is 17.0 Å². The van der Waals surface area contributed by atoms with Crippen LogP contribution in [0.2, 0.25) is 0 Å². The summed E-state index contributed by atoms with van der Waals surface area (Å²) in [7, 11) is 0. The van der Waals surface area contributed by atoms with E-state index in [2.05, 4.69) is 15.1 Å². The Morgan fingerprint density at radius 3 is 2.61 bits per heavy atom. The minimum absolute atomic E-state index is 0.0603. The normalized spacial score (nSPS) is 10.9. The van der Waals surface area contributed by atoms with Crippen LogP contribution >= 0.6 is 0 Å². The van der Waals surface area contributed by atoms with E-state index in [1.165, 1.54) is 0 Å². The number of para-hydroxylation sites is 1. The van der Waals surface area contributed by atoms with Crippen molar-refractivity contribution in [2.24, 2.45) is 0 Å². The summed E-state index contributed by atoms with van der Waals surface area (Å²) >= 11 is 0. The van der Waals surface area contributed by atoms with Crippen molar-refractivity contribution in [2.75, 3.05) is 0 Å². The Bertz CT molecular complexity index is 1170. The second-order valence-electron chi connectivity index (χ2n) is 6.96. The molecule has 0 unspecified atom stereocenters. The number of ether oxygens (including phenoxy) is 1. The first-order chi connectivity index (χ1) is 15.1. The van der Waals surface area contributed by atoms with E-state index in [4.69, 9.17) is 18.8 Å². The Morgan fingerprint density at radius 1 is 1.03 bits per heavy atom. The molecule has 4 aromatic rings. The van der Waals surface area contributed by atoms with Crippen molar-refractivity contribution in [1.82, 2.24) is 15.1 Å². The quantitative estimate of drug-likeness (QED) is 0.433. The fourth-order valence-corrected chi connectivity index (χ4v) is 3.14. The summed E-state index contributed by atoms with van der Waals surface area (Å²) in [4.78, 5) is 19.9. The van der Waals surface area contributed by atoms with E-state index in [9.17, 15) is 4.79 Å². The number of rotatable bonds is 9. The zero-order valence-electron chi connectivity index (χ0n) is 16.9. The molecule has 31 heavy (non-hydrogen) atoms. The van der Waals surface area contributed by atoms with Gasteiger partial charge in [-0.25, -0.2) is 4.98 Å². The van der Waals surface area contributed by atoms with E-state index in [1.54, 1.807) is 24.3 Å². The van der Waals surface area contributed by atoms with Gasteiger partial charge in [0.1, 0.15) is 11.5 Å². The molecule has 0 fully saturated rings. The van der Waals surface area contributed by atoms with Crippen molar-refractivity contribution < 1.29 is 23.6 Å². The highest BCUT2D eigenvalue weighted by atomic mass is 16.5. The van der Waals surface area contributed by atoms with Crippen molar-refractivity contribution in [3.63, 3.8) is 0 Å². The van der Waals surface area contributed by atoms with Gasteiger partial charge in [-0.05, 0) is 25.1 Å². The van der Waals surface area contributed by atoms with Crippen LogP contribution in [0.1, 0.15) is 28.7 Å². The third-order valence-corrected chi connectivity index (χ3v) is 4.67. The van der Waals surface area contributed by atoms with Crippen molar-refractivity contribution in [3.05, 3.63) is 83.3 Å². The van der Waals surface area contributed by atoms with Crippen LogP contribution in [-0.4, -0.2) is 26.2 Å². The molecule has 1 N–H and O–H groups in total. The van der Waals surface area contributed by atoms with Crippen LogP contribution in [0.4, 0.5) is 0 Å². The summed E-state index contributed by atoms with van der Waals surface area (Å²) in [5, 5.41) is 13.0. The van der Waals surface area contributed by atoms with Crippen LogP contribution < -0.4 is 4.74 Å². The van der Waals surface area contributed by atoms with Gasteiger partial charge in [0.2, 0.25) is 5.89 Å². The minimum Gasteiger partial charge on any atom is -0.483 e. The van der Waals surface area contributed by atoms with Crippen LogP contribution in [0.25, 0.3) is 11.5 Å². The predicted octanol–water partition coefficient (Wildman–Crippen LogP) is 4.02. The number of hydrogen-bond donors (Lipinski definition) is 1. The molecule has 0 spiro atoms. The Kier molecular flexibility index (Phi) is 6.07. The second kappa shape index (κ2) is 9.25. The number of hydrogen-bond acceptors (Lipinski definition) is 7. The van der Waals surface area contributed by atoms with Gasteiger partial charge in [-0.2, -0.15) is 4.98 Å². The molecule has 0 saturated carbocycles. The van der Waals surface area contributed by atoms with Crippen LogP contribution in [-0.2, 0) is 30.7 Å². The van der Waals surface area contributed by atoms with Crippen molar-refractivity contribution in [3.8, 4) is 17.2 Å². The zero-order valence-corrected chi connectivity index (χ0v) is 16.9. The maximum atomic E-state index is 11.0. The van der Waals surface area contributed by atoms with Crippen LogP contribution in [0, 0.1) is 6.92 Å². The number of aromatic nitrogens is 3. The highest BCUT2D eigenvalue weighted by molar-refractivity contribution is 5.71. The first-order valence-corrected chi connectivity index (χ1v) is 9.84. The summed E-state index contributed by atoms with van der Waals surface area (Å²) in [5.74, 6) is 1.78. The van der Waals surface area contributed by atoms with Crippen LogP contribution in [0.15, 0.2) is 63.5 Å². The molecule has 0 amide bonds. The molecule has 2 aromatic heterocycles. The van der Waals surface area contributed by atoms with Gasteiger partial charge < -0.3 is 18.8 Å². The average molecular weight is 419 g/mol. The molecule has 0 saturated heterocycles. The summed E-state index contributed by atoms with van der Waals surface area (Å²) < 4.78 is 16.7. The smallest absolute Gasteiger partial charge is 0.307 e. The largest absolute Gasteiger partial charge is 0.483 e. The number of carbonyl (C=O) groups is 1. The minimum atomic E-state index is -0.922. The van der Waals surface area contributed by atoms with E-state index in [1.807, 2.05) is 37.3 Å². The first kappa shape index (κ1) is 20.3. The number of oxazole rings is 1. The van der Waals surface area contributed by atoms with Crippen molar-refractivity contribution in [1.29, 1.82) is 0 Å². The Balaban J connectivity index is 1.35. The molecule has 0 atom stereocenters. The lowest BCUT2D eigenvalue weighted by Crippen LogP contribution is -2.04. The molecule has 0 bridgehead atoms. The molecular formula is C23H21N3O5. The van der Waals surface area contributed by atoms with Gasteiger partial charge >= 0.3 is 5.97 Å². The molecule has 0 aliphatic carbocycles. The Labute approximate surface area is 178 Å². The average Bonchev–Trinajstić information content (AvgIpc) is 3.38. The predicted molar refractivity (Wildman–Crippen MR) is 110 cm³/mol. The number of aryl methyl sites for hydroxylation is 3. The van der Waals surface area contributed by atoms with Gasteiger partial charge in [0.05, 0.1) is 12.1 Å². The summed E-state index contributed by atoms with van der Waals surface area (Å²) in [6, 6.07) is 16.7. The molecule has 0 radical (unpaired) electrons. The highest BCUT2D eigenvalue weighted by Gasteiger charge is 2.14. The monoisotopic (exact) mass is 419 g/mol. The van der Waals surface area contributed by atoms with Crippen LogP contribution in [0.5, 0.6) is 5.75 Å². The van der Waals surface area contributed by atoms with E-state index < -0.39 is 5.97 Å². The molecule has 158 valence electrons. The lowest BCUT2D eigenvalue weighted by Gasteiger charge is -2.07. The van der Waals surface area contributed by atoms with E-state index in [0.29, 0.717) is 41.8 Å². The number of benzene rings is 2. The van der Waals surface area contributed by atoms with Gasteiger partial charge in [-0.3, -0.25) is 4.79 Å². The number of carboxylic acid groups (broad SMARTS) is 1. The molecule has 2 heterocycles.